The van der Waals surface area contributed by atoms with Crippen LogP contribution in [-0.2, 0) is 11.3 Å². The van der Waals surface area contributed by atoms with Crippen LogP contribution in [-0.4, -0.2) is 27.6 Å². The van der Waals surface area contributed by atoms with E-state index in [-0.39, 0.29) is 36.2 Å². The maximum atomic E-state index is 12.4. The summed E-state index contributed by atoms with van der Waals surface area (Å²) < 4.78 is 1.17. The Balaban J connectivity index is 1.62. The van der Waals surface area contributed by atoms with Gasteiger partial charge in [0.05, 0.1) is 6.54 Å². The molecule has 2 N–H and O–H groups in total. The molecule has 0 spiro atoms. The molecule has 1 aliphatic carbocycles. The van der Waals surface area contributed by atoms with E-state index in [9.17, 15) is 14.4 Å². The molecule has 7 nitrogen and oxygen atoms in total. The molecule has 1 saturated carbocycles. The lowest BCUT2D eigenvalue weighted by Crippen LogP contribution is -2.34. The molecule has 1 heterocycles. The number of hydrogen-bond acceptors (Lipinski definition) is 4. The van der Waals surface area contributed by atoms with Crippen molar-refractivity contribution in [1.29, 1.82) is 0 Å². The summed E-state index contributed by atoms with van der Waals surface area (Å²) in [7, 11) is 0. The number of carbonyl (C=O) groups is 2. The molecule has 142 valence electrons. The number of aryl methyl sites for hydroxylation is 2. The van der Waals surface area contributed by atoms with Crippen LogP contribution >= 0.6 is 0 Å². The van der Waals surface area contributed by atoms with Crippen molar-refractivity contribution in [2.75, 3.05) is 5.32 Å². The van der Waals surface area contributed by atoms with Gasteiger partial charge in [-0.05, 0) is 43.5 Å². The number of aromatic nitrogens is 2. The van der Waals surface area contributed by atoms with E-state index in [0.29, 0.717) is 5.69 Å². The summed E-state index contributed by atoms with van der Waals surface area (Å²) >= 11 is 0. The van der Waals surface area contributed by atoms with Gasteiger partial charge in [-0.3, -0.25) is 14.4 Å². The van der Waals surface area contributed by atoms with Crippen LogP contribution in [0.4, 0.5) is 5.69 Å². The summed E-state index contributed by atoms with van der Waals surface area (Å²) in [6, 6.07) is 10.4. The largest absolute Gasteiger partial charge is 0.353 e. The van der Waals surface area contributed by atoms with Crippen LogP contribution in [0.15, 0.2) is 41.2 Å². The highest BCUT2D eigenvalue weighted by atomic mass is 16.2. The van der Waals surface area contributed by atoms with E-state index in [2.05, 4.69) is 15.7 Å². The van der Waals surface area contributed by atoms with Crippen LogP contribution in [0.5, 0.6) is 0 Å². The van der Waals surface area contributed by atoms with E-state index in [4.69, 9.17) is 0 Å². The molecule has 0 unspecified atom stereocenters. The van der Waals surface area contributed by atoms with Gasteiger partial charge in [0, 0.05) is 24.2 Å². The van der Waals surface area contributed by atoms with Crippen LogP contribution in [0.25, 0.3) is 0 Å². The molecule has 1 aromatic heterocycles. The van der Waals surface area contributed by atoms with Crippen molar-refractivity contribution in [2.45, 2.75) is 51.6 Å². The smallest absolute Gasteiger partial charge is 0.276 e. The Hall–Kier alpha value is -2.96. The van der Waals surface area contributed by atoms with Crippen molar-refractivity contribution >= 4 is 17.5 Å². The molecule has 1 aromatic carbocycles. The predicted octanol–water partition coefficient (Wildman–Crippen LogP) is 2.25. The molecule has 2 aromatic rings. The third-order valence-electron chi connectivity index (χ3n) is 4.65. The minimum absolute atomic E-state index is 0.0924. The van der Waals surface area contributed by atoms with E-state index in [1.54, 1.807) is 6.07 Å². The molecule has 0 bridgehead atoms. The Labute approximate surface area is 157 Å². The Morgan fingerprint density at radius 2 is 1.96 bits per heavy atom. The van der Waals surface area contributed by atoms with Gasteiger partial charge in [0.1, 0.15) is 5.69 Å². The first-order chi connectivity index (χ1) is 13.0. The predicted molar refractivity (Wildman–Crippen MR) is 103 cm³/mol. The maximum absolute atomic E-state index is 12.4. The van der Waals surface area contributed by atoms with Crippen molar-refractivity contribution in [3.63, 3.8) is 0 Å². The van der Waals surface area contributed by atoms with Gasteiger partial charge in [0.25, 0.3) is 11.5 Å². The lowest BCUT2D eigenvalue weighted by Gasteiger charge is -2.12. The highest BCUT2D eigenvalue weighted by Crippen LogP contribution is 2.17. The first-order valence-electron chi connectivity index (χ1n) is 9.27. The number of benzene rings is 1. The van der Waals surface area contributed by atoms with Crippen molar-refractivity contribution < 1.29 is 9.59 Å². The minimum Gasteiger partial charge on any atom is -0.353 e. The average Bonchev–Trinajstić information content (AvgIpc) is 3.14. The summed E-state index contributed by atoms with van der Waals surface area (Å²) in [5.41, 5.74) is 1.48. The number of amides is 2. The maximum Gasteiger partial charge on any atom is 0.276 e. The van der Waals surface area contributed by atoms with E-state index in [0.717, 1.165) is 31.2 Å². The second-order valence-corrected chi connectivity index (χ2v) is 6.90. The van der Waals surface area contributed by atoms with Crippen molar-refractivity contribution in [2.24, 2.45) is 0 Å². The third kappa shape index (κ3) is 5.26. The van der Waals surface area contributed by atoms with Gasteiger partial charge in [0.15, 0.2) is 0 Å². The normalized spacial score (nSPS) is 14.1. The molecule has 1 fully saturated rings. The summed E-state index contributed by atoms with van der Waals surface area (Å²) in [5, 5.41) is 9.85. The van der Waals surface area contributed by atoms with Crippen molar-refractivity contribution in [3.8, 4) is 0 Å². The van der Waals surface area contributed by atoms with Crippen molar-refractivity contribution in [1.82, 2.24) is 15.1 Å². The number of nitrogens with zero attached hydrogens (tertiary/aromatic N) is 2. The summed E-state index contributed by atoms with van der Waals surface area (Å²) in [5.74, 6) is -0.491. The summed E-state index contributed by atoms with van der Waals surface area (Å²) in [6.07, 6.45) is 4.47. The van der Waals surface area contributed by atoms with Gasteiger partial charge in [-0.25, -0.2) is 4.68 Å². The van der Waals surface area contributed by atoms with Gasteiger partial charge in [-0.15, -0.1) is 0 Å². The monoisotopic (exact) mass is 368 g/mol. The van der Waals surface area contributed by atoms with Crippen LogP contribution in [0, 0.1) is 6.92 Å². The fraction of sp³-hybridized carbons (Fsp3) is 0.400. The molecule has 0 aliphatic heterocycles. The molecule has 0 radical (unpaired) electrons. The van der Waals surface area contributed by atoms with E-state index in [1.165, 1.54) is 16.8 Å². The first kappa shape index (κ1) is 18.8. The summed E-state index contributed by atoms with van der Waals surface area (Å²) in [6.45, 7) is 2.08. The number of carbonyl (C=O) groups excluding carboxylic acids is 2. The van der Waals surface area contributed by atoms with Gasteiger partial charge in [0.2, 0.25) is 5.91 Å². The molecule has 0 atom stereocenters. The fourth-order valence-electron chi connectivity index (χ4n) is 3.23. The molecule has 7 heteroatoms. The topological polar surface area (TPSA) is 93.1 Å². The van der Waals surface area contributed by atoms with Crippen LogP contribution in [0.3, 0.4) is 0 Å². The van der Waals surface area contributed by atoms with E-state index in [1.807, 2.05) is 25.1 Å². The molecule has 3 rings (SSSR count). The molecule has 0 saturated heterocycles. The first-order valence-corrected chi connectivity index (χ1v) is 9.27. The van der Waals surface area contributed by atoms with Crippen molar-refractivity contribution in [3.05, 3.63) is 58.0 Å². The Bertz CT molecular complexity index is 885. The fourth-order valence-corrected chi connectivity index (χ4v) is 3.23. The summed E-state index contributed by atoms with van der Waals surface area (Å²) in [4.78, 5) is 36.4. The van der Waals surface area contributed by atoms with Gasteiger partial charge in [-0.1, -0.05) is 25.0 Å². The molecular weight excluding hydrogens is 344 g/mol. The van der Waals surface area contributed by atoms with E-state index >= 15 is 0 Å². The lowest BCUT2D eigenvalue weighted by atomic mass is 10.2. The molecular formula is C20H24N4O3. The van der Waals surface area contributed by atoms with Gasteiger partial charge in [-0.2, -0.15) is 5.10 Å². The van der Waals surface area contributed by atoms with Crippen LogP contribution in [0.1, 0.15) is 48.2 Å². The zero-order chi connectivity index (χ0) is 19.2. The molecule has 2 amide bonds. The Kier molecular flexibility index (Phi) is 6.01. The van der Waals surface area contributed by atoms with E-state index < -0.39 is 5.91 Å². The standard InChI is InChI=1S/C20H24N4O3/c1-14-5-4-8-16(13-14)22-20(27)17-9-10-19(26)24(23-17)12-11-18(25)21-15-6-2-3-7-15/h4-5,8-10,13,15H,2-3,6-7,11-12H2,1H3,(H,21,25)(H,22,27). The lowest BCUT2D eigenvalue weighted by molar-refractivity contribution is -0.122. The van der Waals surface area contributed by atoms with Crippen LogP contribution in [0.2, 0.25) is 0 Å². The second-order valence-electron chi connectivity index (χ2n) is 6.90. The Morgan fingerprint density at radius 3 is 2.70 bits per heavy atom. The number of anilines is 1. The second kappa shape index (κ2) is 8.62. The van der Waals surface area contributed by atoms with Gasteiger partial charge >= 0.3 is 0 Å². The average molecular weight is 368 g/mol. The highest BCUT2D eigenvalue weighted by molar-refractivity contribution is 6.02. The molecule has 1 aliphatic rings. The number of rotatable bonds is 6. The third-order valence-corrected chi connectivity index (χ3v) is 4.65. The number of hydrogen-bond donors (Lipinski definition) is 2. The quantitative estimate of drug-likeness (QED) is 0.818. The highest BCUT2D eigenvalue weighted by Gasteiger charge is 2.17. The zero-order valence-electron chi connectivity index (χ0n) is 15.4. The number of nitrogens with one attached hydrogen (secondary N) is 2. The van der Waals surface area contributed by atoms with Gasteiger partial charge < -0.3 is 10.6 Å². The molecule has 27 heavy (non-hydrogen) atoms. The Morgan fingerprint density at radius 1 is 1.19 bits per heavy atom. The minimum atomic E-state index is -0.398. The zero-order valence-corrected chi connectivity index (χ0v) is 15.4. The van der Waals surface area contributed by atoms with Crippen LogP contribution < -0.4 is 16.2 Å². The SMILES string of the molecule is Cc1cccc(NC(=O)c2ccc(=O)n(CCC(=O)NC3CCCC3)n2)c1.